The summed E-state index contributed by atoms with van der Waals surface area (Å²) in [6, 6.07) is 8.82. The second-order valence-corrected chi connectivity index (χ2v) is 6.36. The lowest BCUT2D eigenvalue weighted by Crippen LogP contribution is -2.57. The maximum absolute atomic E-state index is 12.6. The number of carbonyl (C=O) groups is 2. The molecule has 0 N–H and O–H groups in total. The predicted molar refractivity (Wildman–Crippen MR) is 90.3 cm³/mol. The molecule has 0 bridgehead atoms. The summed E-state index contributed by atoms with van der Waals surface area (Å²) >= 11 is 1.35. The molecule has 124 valence electrons. The third-order valence-corrected chi connectivity index (χ3v) is 4.88. The highest BCUT2D eigenvalue weighted by molar-refractivity contribution is 7.12. The molecule has 2 amide bonds. The number of carbonyl (C=O) groups excluding carboxylic acids is 2. The van der Waals surface area contributed by atoms with E-state index in [2.05, 4.69) is 0 Å². The molecule has 0 unspecified atom stereocenters. The summed E-state index contributed by atoms with van der Waals surface area (Å²) in [5.74, 6) is -0.339. The van der Waals surface area contributed by atoms with Crippen LogP contribution in [0.15, 0.2) is 41.8 Å². The van der Waals surface area contributed by atoms with Crippen LogP contribution in [0.5, 0.6) is 0 Å². The molecule has 1 aromatic carbocycles. The fourth-order valence-electron chi connectivity index (χ4n) is 2.70. The van der Waals surface area contributed by atoms with Crippen LogP contribution >= 0.6 is 11.3 Å². The lowest BCUT2D eigenvalue weighted by Gasteiger charge is -2.38. The minimum absolute atomic E-state index is 0.0224. The summed E-state index contributed by atoms with van der Waals surface area (Å²) in [6.07, 6.45) is 0. The Bertz CT molecular complexity index is 773. The minimum atomic E-state index is -0.580. The van der Waals surface area contributed by atoms with E-state index >= 15 is 0 Å². The summed E-state index contributed by atoms with van der Waals surface area (Å²) in [7, 11) is 0. The van der Waals surface area contributed by atoms with Crippen molar-refractivity contribution < 1.29 is 14.5 Å². The van der Waals surface area contributed by atoms with Crippen LogP contribution in [0.4, 0.5) is 11.4 Å². The number of benzene rings is 1. The van der Waals surface area contributed by atoms with E-state index in [0.29, 0.717) is 23.7 Å². The van der Waals surface area contributed by atoms with Gasteiger partial charge in [0.1, 0.15) is 6.04 Å². The first-order valence-electron chi connectivity index (χ1n) is 7.39. The first-order valence-corrected chi connectivity index (χ1v) is 8.27. The number of hydrogen-bond acceptors (Lipinski definition) is 5. The van der Waals surface area contributed by atoms with Gasteiger partial charge in [-0.15, -0.1) is 11.3 Å². The SMILES string of the molecule is C[C@H]1C(=O)N(c2ccc([N+](=O)[O-])cc2)CCN1C(=O)c1cccs1. The van der Waals surface area contributed by atoms with E-state index in [-0.39, 0.29) is 17.5 Å². The molecular formula is C16H15N3O4S. The summed E-state index contributed by atoms with van der Waals surface area (Å²) < 4.78 is 0. The predicted octanol–water partition coefficient (Wildman–Crippen LogP) is 2.53. The van der Waals surface area contributed by atoms with Gasteiger partial charge in [-0.1, -0.05) is 6.07 Å². The Labute approximate surface area is 142 Å². The van der Waals surface area contributed by atoms with Gasteiger partial charge in [-0.05, 0) is 30.5 Å². The van der Waals surface area contributed by atoms with Gasteiger partial charge in [0.25, 0.3) is 11.6 Å². The number of anilines is 1. The topological polar surface area (TPSA) is 83.8 Å². The number of hydrogen-bond donors (Lipinski definition) is 0. The third-order valence-electron chi connectivity index (χ3n) is 4.02. The Morgan fingerprint density at radius 3 is 2.54 bits per heavy atom. The van der Waals surface area contributed by atoms with Crippen molar-refractivity contribution in [2.24, 2.45) is 0 Å². The van der Waals surface area contributed by atoms with Gasteiger partial charge in [0, 0.05) is 30.9 Å². The lowest BCUT2D eigenvalue weighted by atomic mass is 10.1. The first kappa shape index (κ1) is 16.1. The molecule has 3 rings (SSSR count). The zero-order valence-corrected chi connectivity index (χ0v) is 13.7. The summed E-state index contributed by atoms with van der Waals surface area (Å²) in [5.41, 5.74) is 0.575. The fourth-order valence-corrected chi connectivity index (χ4v) is 3.38. The minimum Gasteiger partial charge on any atom is -0.324 e. The number of nitrogens with zero attached hydrogens (tertiary/aromatic N) is 3. The van der Waals surface area contributed by atoms with Crippen molar-refractivity contribution in [3.63, 3.8) is 0 Å². The largest absolute Gasteiger partial charge is 0.324 e. The van der Waals surface area contributed by atoms with E-state index in [1.54, 1.807) is 41.0 Å². The molecule has 7 nitrogen and oxygen atoms in total. The highest BCUT2D eigenvalue weighted by Gasteiger charge is 2.35. The van der Waals surface area contributed by atoms with Crippen molar-refractivity contribution in [3.05, 3.63) is 56.8 Å². The van der Waals surface area contributed by atoms with E-state index in [1.807, 2.05) is 5.38 Å². The van der Waals surface area contributed by atoms with Crippen molar-refractivity contribution in [2.45, 2.75) is 13.0 Å². The Morgan fingerprint density at radius 1 is 1.25 bits per heavy atom. The Hall–Kier alpha value is -2.74. The maximum atomic E-state index is 12.6. The number of amides is 2. The molecule has 8 heteroatoms. The monoisotopic (exact) mass is 345 g/mol. The van der Waals surface area contributed by atoms with E-state index in [4.69, 9.17) is 0 Å². The van der Waals surface area contributed by atoms with Crippen molar-refractivity contribution in [3.8, 4) is 0 Å². The molecule has 24 heavy (non-hydrogen) atoms. The summed E-state index contributed by atoms with van der Waals surface area (Å²) in [5, 5.41) is 12.5. The quantitative estimate of drug-likeness (QED) is 0.632. The van der Waals surface area contributed by atoms with Crippen LogP contribution in [0, 0.1) is 10.1 Å². The van der Waals surface area contributed by atoms with E-state index in [1.165, 1.54) is 23.5 Å². The average Bonchev–Trinajstić information content (AvgIpc) is 3.11. The van der Waals surface area contributed by atoms with Crippen LogP contribution in [0.25, 0.3) is 0 Å². The number of nitro groups is 1. The highest BCUT2D eigenvalue weighted by atomic mass is 32.1. The molecule has 1 atom stereocenters. The van der Waals surface area contributed by atoms with Gasteiger partial charge in [0.2, 0.25) is 5.91 Å². The van der Waals surface area contributed by atoms with E-state index in [0.717, 1.165) is 0 Å². The molecule has 1 aliphatic rings. The Kier molecular flexibility index (Phi) is 4.30. The molecule has 2 heterocycles. The molecule has 0 spiro atoms. The number of rotatable bonds is 3. The average molecular weight is 345 g/mol. The van der Waals surface area contributed by atoms with Gasteiger partial charge >= 0.3 is 0 Å². The summed E-state index contributed by atoms with van der Waals surface area (Å²) in [4.78, 5) is 39.1. The Morgan fingerprint density at radius 2 is 1.96 bits per heavy atom. The van der Waals surface area contributed by atoms with Crippen LogP contribution < -0.4 is 4.90 Å². The number of piperazine rings is 1. The van der Waals surface area contributed by atoms with Crippen LogP contribution in [0.1, 0.15) is 16.6 Å². The molecule has 1 saturated heterocycles. The van der Waals surface area contributed by atoms with Crippen molar-refractivity contribution in [2.75, 3.05) is 18.0 Å². The third kappa shape index (κ3) is 2.88. The second kappa shape index (κ2) is 6.40. The normalized spacial score (nSPS) is 17.9. The molecular weight excluding hydrogens is 330 g/mol. The van der Waals surface area contributed by atoms with Crippen molar-refractivity contribution >= 4 is 34.5 Å². The maximum Gasteiger partial charge on any atom is 0.269 e. The van der Waals surface area contributed by atoms with E-state index < -0.39 is 11.0 Å². The van der Waals surface area contributed by atoms with Gasteiger partial charge in [0.15, 0.2) is 0 Å². The van der Waals surface area contributed by atoms with Crippen LogP contribution in [-0.4, -0.2) is 40.8 Å². The van der Waals surface area contributed by atoms with Crippen LogP contribution in [0.2, 0.25) is 0 Å². The molecule has 1 aromatic heterocycles. The van der Waals surface area contributed by atoms with E-state index in [9.17, 15) is 19.7 Å². The second-order valence-electron chi connectivity index (χ2n) is 5.42. The van der Waals surface area contributed by atoms with Crippen LogP contribution in [-0.2, 0) is 4.79 Å². The van der Waals surface area contributed by atoms with Crippen molar-refractivity contribution in [1.82, 2.24) is 4.90 Å². The van der Waals surface area contributed by atoms with Gasteiger partial charge in [-0.3, -0.25) is 19.7 Å². The molecule has 1 aliphatic heterocycles. The highest BCUT2D eigenvalue weighted by Crippen LogP contribution is 2.24. The molecule has 2 aromatic rings. The smallest absolute Gasteiger partial charge is 0.269 e. The van der Waals surface area contributed by atoms with Gasteiger partial charge in [-0.25, -0.2) is 0 Å². The van der Waals surface area contributed by atoms with Crippen LogP contribution in [0.3, 0.4) is 0 Å². The standard InChI is InChI=1S/C16H15N3O4S/c1-11-15(20)18(12-4-6-13(7-5-12)19(22)23)9-8-17(11)16(21)14-3-2-10-24-14/h2-7,10-11H,8-9H2,1H3/t11-/m0/s1. The Balaban J connectivity index is 1.77. The molecule has 0 radical (unpaired) electrons. The number of thiophene rings is 1. The molecule has 0 aliphatic carbocycles. The number of nitro benzene ring substituents is 1. The zero-order chi connectivity index (χ0) is 17.3. The van der Waals surface area contributed by atoms with Gasteiger partial charge in [0.05, 0.1) is 9.80 Å². The summed E-state index contributed by atoms with van der Waals surface area (Å²) in [6.45, 7) is 2.48. The van der Waals surface area contributed by atoms with Gasteiger partial charge < -0.3 is 9.80 Å². The fraction of sp³-hybridized carbons (Fsp3) is 0.250. The molecule has 0 saturated carbocycles. The first-order chi connectivity index (χ1) is 11.5. The van der Waals surface area contributed by atoms with Gasteiger partial charge in [-0.2, -0.15) is 0 Å². The molecule has 1 fully saturated rings. The van der Waals surface area contributed by atoms with Crippen molar-refractivity contribution in [1.29, 1.82) is 0 Å². The zero-order valence-electron chi connectivity index (χ0n) is 12.9. The lowest BCUT2D eigenvalue weighted by molar-refractivity contribution is -0.384. The number of non-ortho nitro benzene ring substituents is 1.